The molecule has 1 aromatic heterocycles. The van der Waals surface area contributed by atoms with Gasteiger partial charge in [-0.15, -0.1) is 0 Å². The zero-order valence-electron chi connectivity index (χ0n) is 8.96. The fraction of sp³-hybridized carbons (Fsp3) is 0.417. The van der Waals surface area contributed by atoms with Crippen LogP contribution in [-0.2, 0) is 0 Å². The average Bonchev–Trinajstić information content (AvgIpc) is 2.72. The summed E-state index contributed by atoms with van der Waals surface area (Å²) in [7, 11) is 0. The Morgan fingerprint density at radius 3 is 3.12 bits per heavy atom. The van der Waals surface area contributed by atoms with Crippen molar-refractivity contribution in [1.82, 2.24) is 15.5 Å². The second-order valence-corrected chi connectivity index (χ2v) is 4.74. The van der Waals surface area contributed by atoms with Crippen molar-refractivity contribution in [3.63, 3.8) is 0 Å². The topological polar surface area (TPSA) is 40.7 Å². The molecule has 3 nitrogen and oxygen atoms in total. The van der Waals surface area contributed by atoms with Gasteiger partial charge >= 0.3 is 0 Å². The lowest BCUT2D eigenvalue weighted by molar-refractivity contribution is 0.462. The number of piperidine rings is 1. The zero-order chi connectivity index (χ0) is 11.0. The van der Waals surface area contributed by atoms with E-state index in [-0.39, 0.29) is 0 Å². The van der Waals surface area contributed by atoms with Crippen LogP contribution in [0.25, 0.3) is 10.9 Å². The van der Waals surface area contributed by atoms with E-state index in [9.17, 15) is 0 Å². The predicted molar refractivity (Wildman–Crippen MR) is 65.9 cm³/mol. The van der Waals surface area contributed by atoms with Crippen LogP contribution in [0.1, 0.15) is 24.3 Å². The van der Waals surface area contributed by atoms with E-state index in [4.69, 9.17) is 11.6 Å². The summed E-state index contributed by atoms with van der Waals surface area (Å²) in [6.07, 6.45) is 2.51. The quantitative estimate of drug-likeness (QED) is 0.798. The number of rotatable bonds is 1. The Morgan fingerprint density at radius 1 is 1.38 bits per heavy atom. The van der Waals surface area contributed by atoms with Gasteiger partial charge in [0.25, 0.3) is 0 Å². The van der Waals surface area contributed by atoms with Gasteiger partial charge in [0.05, 0.1) is 5.52 Å². The van der Waals surface area contributed by atoms with Gasteiger partial charge in [0.2, 0.25) is 0 Å². The summed E-state index contributed by atoms with van der Waals surface area (Å²) >= 11 is 6.05. The van der Waals surface area contributed by atoms with E-state index in [1.54, 1.807) is 0 Å². The molecule has 84 valence electrons. The standard InChI is InChI=1S/C12H14ClN3/c13-12-10-6-8(3-4-11(10)15-16-12)9-2-1-5-14-7-9/h3-4,6,9,14H,1-2,5,7H2,(H,15,16). The second-order valence-electron chi connectivity index (χ2n) is 4.36. The molecule has 1 atom stereocenters. The Morgan fingerprint density at radius 2 is 2.31 bits per heavy atom. The first kappa shape index (κ1) is 10.1. The highest BCUT2D eigenvalue weighted by Crippen LogP contribution is 2.28. The summed E-state index contributed by atoms with van der Waals surface area (Å²) in [5.74, 6) is 0.615. The molecule has 0 saturated carbocycles. The summed E-state index contributed by atoms with van der Waals surface area (Å²) in [5, 5.41) is 12.0. The van der Waals surface area contributed by atoms with Crippen LogP contribution in [-0.4, -0.2) is 23.3 Å². The van der Waals surface area contributed by atoms with Gasteiger partial charge in [-0.25, -0.2) is 0 Å². The van der Waals surface area contributed by atoms with Gasteiger partial charge in [-0.3, -0.25) is 5.10 Å². The van der Waals surface area contributed by atoms with E-state index in [0.29, 0.717) is 11.1 Å². The van der Waals surface area contributed by atoms with Crippen LogP contribution in [0.4, 0.5) is 0 Å². The van der Waals surface area contributed by atoms with Crippen molar-refractivity contribution >= 4 is 22.5 Å². The van der Waals surface area contributed by atoms with E-state index < -0.39 is 0 Å². The van der Waals surface area contributed by atoms with Gasteiger partial charge in [-0.05, 0) is 43.0 Å². The van der Waals surface area contributed by atoms with Crippen molar-refractivity contribution in [2.45, 2.75) is 18.8 Å². The molecule has 0 spiro atoms. The van der Waals surface area contributed by atoms with Crippen LogP contribution in [0.15, 0.2) is 18.2 Å². The number of fused-ring (bicyclic) bond motifs is 1. The van der Waals surface area contributed by atoms with Crippen LogP contribution in [0.3, 0.4) is 0 Å². The molecule has 2 heterocycles. The number of halogens is 1. The van der Waals surface area contributed by atoms with E-state index in [2.05, 4.69) is 27.6 Å². The van der Waals surface area contributed by atoms with Crippen molar-refractivity contribution in [1.29, 1.82) is 0 Å². The molecule has 1 saturated heterocycles. The Bertz CT molecular complexity index is 500. The molecule has 1 aliphatic rings. The molecule has 3 rings (SSSR count). The highest BCUT2D eigenvalue weighted by atomic mass is 35.5. The first-order chi connectivity index (χ1) is 7.84. The fourth-order valence-electron chi connectivity index (χ4n) is 2.39. The number of H-pyrrole nitrogens is 1. The van der Waals surface area contributed by atoms with Crippen molar-refractivity contribution in [3.8, 4) is 0 Å². The third-order valence-corrected chi connectivity index (χ3v) is 3.59. The molecule has 0 radical (unpaired) electrons. The molecule has 1 aliphatic heterocycles. The summed E-state index contributed by atoms with van der Waals surface area (Å²) in [4.78, 5) is 0. The monoisotopic (exact) mass is 235 g/mol. The molecule has 16 heavy (non-hydrogen) atoms. The van der Waals surface area contributed by atoms with Crippen molar-refractivity contribution in [2.24, 2.45) is 0 Å². The molecule has 0 amide bonds. The highest BCUT2D eigenvalue weighted by molar-refractivity contribution is 6.34. The first-order valence-electron chi connectivity index (χ1n) is 5.69. The van der Waals surface area contributed by atoms with Gasteiger partial charge in [0.15, 0.2) is 0 Å². The van der Waals surface area contributed by atoms with Gasteiger partial charge in [0, 0.05) is 11.9 Å². The maximum atomic E-state index is 6.05. The van der Waals surface area contributed by atoms with Crippen LogP contribution < -0.4 is 5.32 Å². The highest BCUT2D eigenvalue weighted by Gasteiger charge is 2.16. The third-order valence-electron chi connectivity index (χ3n) is 3.30. The third kappa shape index (κ3) is 1.70. The van der Waals surface area contributed by atoms with E-state index >= 15 is 0 Å². The van der Waals surface area contributed by atoms with E-state index in [1.807, 2.05) is 6.07 Å². The zero-order valence-corrected chi connectivity index (χ0v) is 9.72. The minimum absolute atomic E-state index is 0.615. The molecule has 1 fully saturated rings. The van der Waals surface area contributed by atoms with Gasteiger partial charge in [-0.1, -0.05) is 17.7 Å². The summed E-state index contributed by atoms with van der Waals surface area (Å²) in [6.45, 7) is 2.21. The number of aromatic nitrogens is 2. The Labute approximate surface area is 99.2 Å². The molecule has 1 aromatic carbocycles. The molecular formula is C12H14ClN3. The van der Waals surface area contributed by atoms with Gasteiger partial charge in [0.1, 0.15) is 5.15 Å². The largest absolute Gasteiger partial charge is 0.316 e. The van der Waals surface area contributed by atoms with Gasteiger partial charge < -0.3 is 5.32 Å². The average molecular weight is 236 g/mol. The number of nitrogens with zero attached hydrogens (tertiary/aromatic N) is 1. The molecular weight excluding hydrogens is 222 g/mol. The van der Waals surface area contributed by atoms with E-state index in [1.165, 1.54) is 18.4 Å². The SMILES string of the molecule is Clc1[nH]nc2ccc(C3CCCNC3)cc12. The summed E-state index contributed by atoms with van der Waals surface area (Å²) in [5.41, 5.74) is 2.31. The van der Waals surface area contributed by atoms with Crippen LogP contribution in [0.5, 0.6) is 0 Å². The number of hydrogen-bond donors (Lipinski definition) is 2. The normalized spacial score (nSPS) is 21.4. The molecule has 2 aromatic rings. The fourth-order valence-corrected chi connectivity index (χ4v) is 2.58. The van der Waals surface area contributed by atoms with Crippen LogP contribution >= 0.6 is 11.6 Å². The Hall–Kier alpha value is -1.06. The minimum Gasteiger partial charge on any atom is -0.316 e. The maximum absolute atomic E-state index is 6.05. The molecule has 4 heteroatoms. The predicted octanol–water partition coefficient (Wildman–Crippen LogP) is 2.68. The maximum Gasteiger partial charge on any atom is 0.132 e. The van der Waals surface area contributed by atoms with E-state index in [0.717, 1.165) is 24.0 Å². The first-order valence-corrected chi connectivity index (χ1v) is 6.06. The van der Waals surface area contributed by atoms with Gasteiger partial charge in [-0.2, -0.15) is 5.10 Å². The Kier molecular flexibility index (Phi) is 2.58. The Balaban J connectivity index is 1.99. The molecule has 0 bridgehead atoms. The lowest BCUT2D eigenvalue weighted by Gasteiger charge is -2.23. The number of nitrogens with one attached hydrogen (secondary N) is 2. The lowest BCUT2D eigenvalue weighted by Crippen LogP contribution is -2.28. The molecule has 0 aliphatic carbocycles. The molecule has 1 unspecified atom stereocenters. The number of hydrogen-bond acceptors (Lipinski definition) is 2. The van der Waals surface area contributed by atoms with Crippen molar-refractivity contribution in [3.05, 3.63) is 28.9 Å². The second kappa shape index (κ2) is 4.07. The lowest BCUT2D eigenvalue weighted by atomic mass is 9.91. The molecule has 2 N–H and O–H groups in total. The van der Waals surface area contributed by atoms with Crippen molar-refractivity contribution in [2.75, 3.05) is 13.1 Å². The summed E-state index contributed by atoms with van der Waals surface area (Å²) in [6, 6.07) is 6.37. The smallest absolute Gasteiger partial charge is 0.132 e. The van der Waals surface area contributed by atoms with Crippen LogP contribution in [0.2, 0.25) is 5.15 Å². The van der Waals surface area contributed by atoms with Crippen molar-refractivity contribution < 1.29 is 0 Å². The van der Waals surface area contributed by atoms with Crippen LogP contribution in [0, 0.1) is 0 Å². The summed E-state index contributed by atoms with van der Waals surface area (Å²) < 4.78 is 0. The number of aromatic amines is 1. The number of benzene rings is 1. The minimum atomic E-state index is 0.615.